The highest BCUT2D eigenvalue weighted by Crippen LogP contribution is 2.09. The van der Waals surface area contributed by atoms with Gasteiger partial charge in [-0.05, 0) is 45.1 Å². The van der Waals surface area contributed by atoms with Crippen LogP contribution in [0, 0.1) is 0 Å². The quantitative estimate of drug-likeness (QED) is 0.0535. The number of ether oxygens (including phenoxy) is 2. The molecular formula is C29H56N4O9. The SMILES string of the molecule is CO.NCCCCC(NC(=O)COCCOCCNC(=O)CCCC(=O)O)C(=O)NCCCCCCCCCCC=O. The standard InChI is InChI=1S/C28H52N4O8.CH4O/c29-16-9-8-13-24(28(38)31-17-10-6-4-2-1-3-5-7-11-19-33)32-26(35)23-40-22-21-39-20-18-30-25(34)14-12-15-27(36)37;1-2/h19,24H,1-18,20-23,29H2,(H,30,34)(H,31,38)(H,32,35)(H,36,37);2H,1H3. The maximum Gasteiger partial charge on any atom is 0.303 e. The first-order valence-electron chi connectivity index (χ1n) is 15.2. The van der Waals surface area contributed by atoms with Crippen molar-refractivity contribution in [3.05, 3.63) is 0 Å². The second kappa shape index (κ2) is 32.9. The van der Waals surface area contributed by atoms with Crippen LogP contribution in [-0.2, 0) is 33.4 Å². The maximum absolute atomic E-state index is 12.6. The van der Waals surface area contributed by atoms with Gasteiger partial charge in [-0.1, -0.05) is 38.5 Å². The van der Waals surface area contributed by atoms with E-state index in [1.807, 2.05) is 0 Å². The average molecular weight is 605 g/mol. The lowest BCUT2D eigenvalue weighted by Crippen LogP contribution is -2.48. The van der Waals surface area contributed by atoms with Crippen LogP contribution in [0.5, 0.6) is 0 Å². The number of nitrogens with two attached hydrogens (primary N) is 1. The third-order valence-corrected chi connectivity index (χ3v) is 6.11. The molecule has 0 aliphatic rings. The summed E-state index contributed by atoms with van der Waals surface area (Å²) < 4.78 is 10.7. The van der Waals surface area contributed by atoms with Crippen LogP contribution >= 0.6 is 0 Å². The molecule has 0 aromatic carbocycles. The number of amides is 3. The van der Waals surface area contributed by atoms with Gasteiger partial charge in [0.05, 0.1) is 19.8 Å². The van der Waals surface area contributed by atoms with Gasteiger partial charge in [0.25, 0.3) is 0 Å². The summed E-state index contributed by atoms with van der Waals surface area (Å²) in [4.78, 5) is 57.2. The minimum Gasteiger partial charge on any atom is -0.481 e. The van der Waals surface area contributed by atoms with Crippen LogP contribution in [0.1, 0.15) is 96.3 Å². The minimum atomic E-state index is -0.928. The van der Waals surface area contributed by atoms with Crippen molar-refractivity contribution in [2.45, 2.75) is 102 Å². The predicted octanol–water partition coefficient (Wildman–Crippen LogP) is 1.44. The van der Waals surface area contributed by atoms with E-state index in [9.17, 15) is 24.0 Å². The molecule has 3 amide bonds. The van der Waals surface area contributed by atoms with E-state index in [4.69, 9.17) is 25.4 Å². The molecular weight excluding hydrogens is 548 g/mol. The molecule has 0 heterocycles. The molecule has 0 aromatic heterocycles. The number of carboxylic acids is 1. The fourth-order valence-corrected chi connectivity index (χ4v) is 3.88. The van der Waals surface area contributed by atoms with Crippen LogP contribution in [0.4, 0.5) is 0 Å². The van der Waals surface area contributed by atoms with Gasteiger partial charge < -0.3 is 46.2 Å². The summed E-state index contributed by atoms with van der Waals surface area (Å²) in [7, 11) is 1.00. The van der Waals surface area contributed by atoms with E-state index in [0.29, 0.717) is 38.9 Å². The number of hydrogen-bond acceptors (Lipinski definition) is 9. The van der Waals surface area contributed by atoms with Gasteiger partial charge in [-0.3, -0.25) is 19.2 Å². The first-order chi connectivity index (χ1) is 20.4. The van der Waals surface area contributed by atoms with Gasteiger partial charge in [0, 0.05) is 39.5 Å². The number of carboxylic acid groups (broad SMARTS) is 1. The zero-order valence-electron chi connectivity index (χ0n) is 25.5. The van der Waals surface area contributed by atoms with Crippen molar-refractivity contribution in [2.24, 2.45) is 5.73 Å². The molecule has 0 saturated heterocycles. The monoisotopic (exact) mass is 604 g/mol. The number of nitrogens with one attached hydrogen (secondary N) is 3. The average Bonchev–Trinajstić information content (AvgIpc) is 2.97. The second-order valence-corrected chi connectivity index (χ2v) is 9.74. The van der Waals surface area contributed by atoms with E-state index in [-0.39, 0.29) is 57.0 Å². The van der Waals surface area contributed by atoms with Crippen LogP contribution in [0.25, 0.3) is 0 Å². The Morgan fingerprint density at radius 1 is 0.738 bits per heavy atom. The van der Waals surface area contributed by atoms with Crippen molar-refractivity contribution in [3.63, 3.8) is 0 Å². The Morgan fingerprint density at radius 2 is 1.38 bits per heavy atom. The summed E-state index contributed by atoms with van der Waals surface area (Å²) in [5.74, 6) is -1.73. The highest BCUT2D eigenvalue weighted by atomic mass is 16.5. The number of aldehydes is 1. The molecule has 0 aliphatic heterocycles. The third-order valence-electron chi connectivity index (χ3n) is 6.11. The molecule has 0 bridgehead atoms. The van der Waals surface area contributed by atoms with E-state index in [0.717, 1.165) is 71.2 Å². The molecule has 246 valence electrons. The lowest BCUT2D eigenvalue weighted by molar-refractivity contribution is -0.137. The lowest BCUT2D eigenvalue weighted by Gasteiger charge is -2.18. The zero-order chi connectivity index (χ0) is 31.7. The number of rotatable bonds is 29. The van der Waals surface area contributed by atoms with E-state index >= 15 is 0 Å². The highest BCUT2D eigenvalue weighted by Gasteiger charge is 2.20. The van der Waals surface area contributed by atoms with Crippen LogP contribution in [0.2, 0.25) is 0 Å². The molecule has 0 rings (SSSR count). The number of aliphatic carboxylic acids is 1. The normalized spacial score (nSPS) is 11.1. The number of carbonyl (C=O) groups excluding carboxylic acids is 4. The van der Waals surface area contributed by atoms with Gasteiger partial charge in [-0.25, -0.2) is 0 Å². The fourth-order valence-electron chi connectivity index (χ4n) is 3.88. The van der Waals surface area contributed by atoms with Gasteiger partial charge >= 0.3 is 5.97 Å². The smallest absolute Gasteiger partial charge is 0.303 e. The number of unbranched alkanes of at least 4 members (excludes halogenated alkanes) is 9. The summed E-state index contributed by atoms with van der Waals surface area (Å²) in [6.45, 7) is 1.89. The summed E-state index contributed by atoms with van der Waals surface area (Å²) >= 11 is 0. The van der Waals surface area contributed by atoms with Gasteiger partial charge in [0.1, 0.15) is 18.9 Å². The Hall–Kier alpha value is -2.61. The minimum absolute atomic E-state index is 0.0410. The van der Waals surface area contributed by atoms with Crippen LogP contribution in [0.3, 0.4) is 0 Å². The van der Waals surface area contributed by atoms with Crippen molar-refractivity contribution in [3.8, 4) is 0 Å². The summed E-state index contributed by atoms with van der Waals surface area (Å²) in [6.07, 6.45) is 12.6. The van der Waals surface area contributed by atoms with Gasteiger partial charge in [-0.2, -0.15) is 0 Å². The molecule has 42 heavy (non-hydrogen) atoms. The third kappa shape index (κ3) is 30.4. The molecule has 0 spiro atoms. The van der Waals surface area contributed by atoms with Gasteiger partial charge in [0.2, 0.25) is 17.7 Å². The van der Waals surface area contributed by atoms with E-state index < -0.39 is 12.0 Å². The molecule has 1 atom stereocenters. The summed E-state index contributed by atoms with van der Waals surface area (Å²) in [5.41, 5.74) is 5.57. The van der Waals surface area contributed by atoms with Crippen LogP contribution in [-0.4, -0.2) is 99.4 Å². The molecule has 1 unspecified atom stereocenters. The Kier molecular flexibility index (Phi) is 32.5. The van der Waals surface area contributed by atoms with Crippen molar-refractivity contribution in [1.29, 1.82) is 0 Å². The molecule has 0 saturated carbocycles. The molecule has 0 radical (unpaired) electrons. The van der Waals surface area contributed by atoms with Gasteiger partial charge in [-0.15, -0.1) is 0 Å². The Morgan fingerprint density at radius 3 is 2.02 bits per heavy atom. The van der Waals surface area contributed by atoms with E-state index in [2.05, 4.69) is 16.0 Å². The predicted molar refractivity (Wildman–Crippen MR) is 160 cm³/mol. The van der Waals surface area contributed by atoms with Crippen molar-refractivity contribution in [1.82, 2.24) is 16.0 Å². The summed E-state index contributed by atoms with van der Waals surface area (Å²) in [6, 6.07) is -0.635. The molecule has 13 heteroatoms. The zero-order valence-corrected chi connectivity index (χ0v) is 25.5. The topological polar surface area (TPSA) is 206 Å². The molecule has 0 aliphatic carbocycles. The summed E-state index contributed by atoms with van der Waals surface area (Å²) in [5, 5.41) is 23.9. The number of carbonyl (C=O) groups is 5. The van der Waals surface area contributed by atoms with E-state index in [1.54, 1.807) is 0 Å². The fraction of sp³-hybridized carbons (Fsp3) is 0.828. The first kappa shape index (κ1) is 41.5. The highest BCUT2D eigenvalue weighted by molar-refractivity contribution is 5.88. The lowest BCUT2D eigenvalue weighted by atomic mass is 10.1. The molecule has 7 N–H and O–H groups in total. The van der Waals surface area contributed by atoms with Crippen molar-refractivity contribution < 1.29 is 43.7 Å². The van der Waals surface area contributed by atoms with Crippen molar-refractivity contribution in [2.75, 3.05) is 53.2 Å². The van der Waals surface area contributed by atoms with E-state index in [1.165, 1.54) is 6.42 Å². The second-order valence-electron chi connectivity index (χ2n) is 9.74. The largest absolute Gasteiger partial charge is 0.481 e. The molecule has 13 nitrogen and oxygen atoms in total. The number of hydrogen-bond donors (Lipinski definition) is 6. The Labute approximate surface area is 251 Å². The van der Waals surface area contributed by atoms with Crippen LogP contribution in [0.15, 0.2) is 0 Å². The number of aliphatic hydroxyl groups excluding tert-OH is 1. The molecule has 0 aromatic rings. The Balaban J connectivity index is 0. The maximum atomic E-state index is 12.6. The Bertz CT molecular complexity index is 696. The first-order valence-corrected chi connectivity index (χ1v) is 15.2. The molecule has 0 fully saturated rings. The van der Waals surface area contributed by atoms with Crippen LogP contribution < -0.4 is 21.7 Å². The van der Waals surface area contributed by atoms with Gasteiger partial charge in [0.15, 0.2) is 0 Å². The van der Waals surface area contributed by atoms with Crippen molar-refractivity contribution >= 4 is 30.0 Å². The number of aliphatic hydroxyl groups is 1.